The molecule has 1 unspecified atom stereocenters. The highest BCUT2D eigenvalue weighted by Crippen LogP contribution is 2.27. The van der Waals surface area contributed by atoms with Gasteiger partial charge in [-0.15, -0.1) is 0 Å². The number of carbonyl (C=O) groups excluding carboxylic acids is 1. The van der Waals surface area contributed by atoms with E-state index in [1.54, 1.807) is 12.1 Å². The molecule has 0 radical (unpaired) electrons. The maximum atomic E-state index is 10.6. The third-order valence-electron chi connectivity index (χ3n) is 2.17. The fourth-order valence-electron chi connectivity index (χ4n) is 1.35. The van der Waals surface area contributed by atoms with Crippen LogP contribution in [0.4, 0.5) is 0 Å². The summed E-state index contributed by atoms with van der Waals surface area (Å²) >= 11 is 5.94. The Hall–Kier alpha value is -1.39. The first-order chi connectivity index (χ1) is 7.57. The molecule has 0 aromatic heterocycles. The van der Waals surface area contributed by atoms with E-state index in [-0.39, 0.29) is 10.6 Å². The van der Waals surface area contributed by atoms with Crippen molar-refractivity contribution in [2.24, 2.45) is 0 Å². The van der Waals surface area contributed by atoms with Gasteiger partial charge in [0.05, 0.1) is 5.02 Å². The van der Waals surface area contributed by atoms with Crippen molar-refractivity contribution in [2.75, 3.05) is 0 Å². The lowest BCUT2D eigenvalue weighted by atomic mass is 10.0. The number of benzene rings is 1. The highest BCUT2D eigenvalue weighted by molar-refractivity contribution is 6.32. The molecular weight excluding hydrogens is 232 g/mol. The largest absolute Gasteiger partial charge is 0.479 e. The van der Waals surface area contributed by atoms with E-state index >= 15 is 0 Å². The third-order valence-corrected chi connectivity index (χ3v) is 2.63. The lowest BCUT2D eigenvalue weighted by molar-refractivity contribution is -0.146. The van der Waals surface area contributed by atoms with E-state index in [9.17, 15) is 14.7 Å². The zero-order valence-corrected chi connectivity index (χ0v) is 9.15. The quantitative estimate of drug-likeness (QED) is 0.769. The van der Waals surface area contributed by atoms with Crippen molar-refractivity contribution in [3.05, 3.63) is 34.3 Å². The van der Waals surface area contributed by atoms with E-state index in [0.29, 0.717) is 18.4 Å². The Kier molecular flexibility index (Phi) is 4.46. The van der Waals surface area contributed by atoms with Gasteiger partial charge in [0.1, 0.15) is 6.29 Å². The summed E-state index contributed by atoms with van der Waals surface area (Å²) in [4.78, 5) is 20.8. The van der Waals surface area contributed by atoms with Gasteiger partial charge in [-0.3, -0.25) is 0 Å². The van der Waals surface area contributed by atoms with Gasteiger partial charge in [0.2, 0.25) is 0 Å². The number of aldehydes is 1. The maximum Gasteiger partial charge on any atom is 0.337 e. The monoisotopic (exact) mass is 242 g/mol. The molecule has 1 aromatic rings. The highest BCUT2D eigenvalue weighted by atomic mass is 35.5. The molecule has 0 fully saturated rings. The minimum atomic E-state index is -1.64. The Bertz CT molecular complexity index is 403. The molecule has 0 saturated carbocycles. The second-order valence-corrected chi connectivity index (χ2v) is 3.64. The van der Waals surface area contributed by atoms with Crippen molar-refractivity contribution in [3.8, 4) is 0 Å². The van der Waals surface area contributed by atoms with Gasteiger partial charge in [-0.25, -0.2) is 4.79 Å². The van der Waals surface area contributed by atoms with Gasteiger partial charge >= 0.3 is 5.97 Å². The van der Waals surface area contributed by atoms with Gasteiger partial charge in [0.25, 0.3) is 0 Å². The molecule has 0 spiro atoms. The SMILES string of the molecule is O=CCCc1cccc(C(O)C(=O)O)c1Cl. The normalized spacial score (nSPS) is 12.1. The van der Waals surface area contributed by atoms with Crippen LogP contribution in [-0.4, -0.2) is 22.5 Å². The predicted molar refractivity (Wildman–Crippen MR) is 58.4 cm³/mol. The molecule has 0 heterocycles. The number of carbonyl (C=O) groups is 2. The zero-order valence-electron chi connectivity index (χ0n) is 8.39. The molecule has 0 amide bonds. The van der Waals surface area contributed by atoms with Crippen molar-refractivity contribution in [1.29, 1.82) is 0 Å². The first-order valence-corrected chi connectivity index (χ1v) is 5.07. The first kappa shape index (κ1) is 12.7. The summed E-state index contributed by atoms with van der Waals surface area (Å²) in [5.41, 5.74) is 0.809. The molecule has 0 bridgehead atoms. The topological polar surface area (TPSA) is 74.6 Å². The van der Waals surface area contributed by atoms with Crippen molar-refractivity contribution in [1.82, 2.24) is 0 Å². The van der Waals surface area contributed by atoms with E-state index in [0.717, 1.165) is 6.29 Å². The van der Waals surface area contributed by atoms with Gasteiger partial charge in [-0.2, -0.15) is 0 Å². The molecule has 0 aliphatic heterocycles. The minimum Gasteiger partial charge on any atom is -0.479 e. The Balaban J connectivity index is 3.03. The van der Waals surface area contributed by atoms with Gasteiger partial charge in [-0.1, -0.05) is 29.8 Å². The molecule has 1 rings (SSSR count). The molecule has 2 N–H and O–H groups in total. The van der Waals surface area contributed by atoms with Crippen LogP contribution in [0.25, 0.3) is 0 Å². The summed E-state index contributed by atoms with van der Waals surface area (Å²) < 4.78 is 0. The summed E-state index contributed by atoms with van der Waals surface area (Å²) in [5, 5.41) is 18.2. The Labute approximate surface area is 97.5 Å². The van der Waals surface area contributed by atoms with Crippen LogP contribution in [0.15, 0.2) is 18.2 Å². The van der Waals surface area contributed by atoms with Crippen LogP contribution in [0, 0.1) is 0 Å². The second-order valence-electron chi connectivity index (χ2n) is 3.27. The molecule has 0 aliphatic carbocycles. The third kappa shape index (κ3) is 2.81. The fourth-order valence-corrected chi connectivity index (χ4v) is 1.68. The molecule has 1 atom stereocenters. The summed E-state index contributed by atoms with van der Waals surface area (Å²) in [5.74, 6) is -1.35. The van der Waals surface area contributed by atoms with Crippen LogP contribution in [0.3, 0.4) is 0 Å². The summed E-state index contributed by atoms with van der Waals surface area (Å²) in [7, 11) is 0. The van der Waals surface area contributed by atoms with Crippen LogP contribution in [-0.2, 0) is 16.0 Å². The van der Waals surface area contributed by atoms with E-state index in [4.69, 9.17) is 16.7 Å². The van der Waals surface area contributed by atoms with Crippen LogP contribution in [0.5, 0.6) is 0 Å². The number of hydrogen-bond donors (Lipinski definition) is 2. The summed E-state index contributed by atoms with van der Waals surface area (Å²) in [6, 6.07) is 4.75. The molecule has 1 aromatic carbocycles. The van der Waals surface area contributed by atoms with E-state index in [2.05, 4.69) is 0 Å². The molecule has 86 valence electrons. The number of aliphatic carboxylic acids is 1. The van der Waals surface area contributed by atoms with Crippen molar-refractivity contribution >= 4 is 23.9 Å². The lowest BCUT2D eigenvalue weighted by Crippen LogP contribution is -2.11. The molecule has 0 aliphatic rings. The average molecular weight is 243 g/mol. The van der Waals surface area contributed by atoms with Crippen molar-refractivity contribution < 1.29 is 19.8 Å². The molecular formula is C11H11ClO4. The van der Waals surface area contributed by atoms with Crippen LogP contribution in [0.1, 0.15) is 23.7 Å². The number of aliphatic hydroxyl groups is 1. The summed E-state index contributed by atoms with van der Waals surface area (Å²) in [6.07, 6.45) is -0.130. The van der Waals surface area contributed by atoms with Crippen molar-refractivity contribution in [3.63, 3.8) is 0 Å². The molecule has 0 saturated heterocycles. The fraction of sp³-hybridized carbons (Fsp3) is 0.273. The van der Waals surface area contributed by atoms with E-state index in [1.165, 1.54) is 6.07 Å². The standard InChI is InChI=1S/C11H11ClO4/c12-9-7(4-2-6-13)3-1-5-8(9)10(14)11(15)16/h1,3,5-6,10,14H,2,4H2,(H,15,16). The predicted octanol–water partition coefficient (Wildman–Crippen LogP) is 1.59. The average Bonchev–Trinajstić information content (AvgIpc) is 2.26. The first-order valence-electron chi connectivity index (χ1n) is 4.69. The van der Waals surface area contributed by atoms with Crippen LogP contribution in [0.2, 0.25) is 5.02 Å². The minimum absolute atomic E-state index is 0.151. The summed E-state index contributed by atoms with van der Waals surface area (Å²) in [6.45, 7) is 0. The van der Waals surface area contributed by atoms with Crippen molar-refractivity contribution in [2.45, 2.75) is 18.9 Å². The van der Waals surface area contributed by atoms with Gasteiger partial charge in [0, 0.05) is 12.0 Å². The Morgan fingerprint density at radius 1 is 1.50 bits per heavy atom. The Morgan fingerprint density at radius 2 is 2.19 bits per heavy atom. The number of halogens is 1. The van der Waals surface area contributed by atoms with Gasteiger partial charge < -0.3 is 15.0 Å². The van der Waals surface area contributed by atoms with Gasteiger partial charge in [0.15, 0.2) is 6.10 Å². The lowest BCUT2D eigenvalue weighted by Gasteiger charge is -2.11. The number of aryl methyl sites for hydroxylation is 1. The molecule has 5 heteroatoms. The molecule has 16 heavy (non-hydrogen) atoms. The van der Waals surface area contributed by atoms with Gasteiger partial charge in [-0.05, 0) is 12.0 Å². The van der Waals surface area contributed by atoms with E-state index < -0.39 is 12.1 Å². The van der Waals surface area contributed by atoms with Crippen LogP contribution < -0.4 is 0 Å². The highest BCUT2D eigenvalue weighted by Gasteiger charge is 2.20. The number of carboxylic acid groups (broad SMARTS) is 1. The maximum absolute atomic E-state index is 10.6. The zero-order chi connectivity index (χ0) is 12.1. The number of aliphatic hydroxyl groups excluding tert-OH is 1. The van der Waals surface area contributed by atoms with E-state index in [1.807, 2.05) is 0 Å². The number of hydrogen-bond acceptors (Lipinski definition) is 3. The second kappa shape index (κ2) is 5.63. The smallest absolute Gasteiger partial charge is 0.337 e. The number of rotatable bonds is 5. The number of carboxylic acids is 1. The molecule has 4 nitrogen and oxygen atoms in total. The Morgan fingerprint density at radius 3 is 2.75 bits per heavy atom. The van der Waals surface area contributed by atoms with Crippen LogP contribution >= 0.6 is 11.6 Å².